The molecule has 0 radical (unpaired) electrons. The van der Waals surface area contributed by atoms with Gasteiger partial charge in [0.15, 0.2) is 0 Å². The lowest BCUT2D eigenvalue weighted by Crippen LogP contribution is -2.41. The zero-order valence-electron chi connectivity index (χ0n) is 13.8. The Bertz CT molecular complexity index is 981. The van der Waals surface area contributed by atoms with Gasteiger partial charge in [-0.1, -0.05) is 29.3 Å². The Morgan fingerprint density at radius 3 is 2.33 bits per heavy atom. The second-order valence-corrected chi connectivity index (χ2v) is 6.19. The van der Waals surface area contributed by atoms with Gasteiger partial charge in [0.25, 0.3) is 11.8 Å². The summed E-state index contributed by atoms with van der Waals surface area (Å²) in [4.78, 5) is 28.3. The smallest absolute Gasteiger partial charge is 0.271 e. The molecule has 1 heterocycles. The summed E-state index contributed by atoms with van der Waals surface area (Å²) in [5.41, 5.74) is 5.15. The molecule has 3 aromatic rings. The van der Waals surface area contributed by atoms with Crippen LogP contribution in [0.3, 0.4) is 0 Å². The summed E-state index contributed by atoms with van der Waals surface area (Å²) in [5, 5.41) is 0.591. The van der Waals surface area contributed by atoms with Crippen molar-refractivity contribution >= 4 is 35.0 Å². The predicted octanol–water partition coefficient (Wildman–Crippen LogP) is 4.26. The van der Waals surface area contributed by atoms with E-state index in [1.165, 1.54) is 18.2 Å². The quantitative estimate of drug-likeness (QED) is 0.640. The first-order valence-electron chi connectivity index (χ1n) is 7.76. The van der Waals surface area contributed by atoms with E-state index in [-0.39, 0.29) is 10.6 Å². The molecule has 0 fully saturated rings. The lowest BCUT2D eigenvalue weighted by atomic mass is 10.2. The number of carbonyl (C=O) groups is 2. The monoisotopic (exact) mass is 401 g/mol. The van der Waals surface area contributed by atoms with Crippen molar-refractivity contribution in [1.82, 2.24) is 15.8 Å². The molecule has 0 unspecified atom stereocenters. The van der Waals surface area contributed by atoms with Crippen LogP contribution in [-0.2, 0) is 0 Å². The van der Waals surface area contributed by atoms with Gasteiger partial charge in [0.2, 0.25) is 0 Å². The maximum Gasteiger partial charge on any atom is 0.271 e. The van der Waals surface area contributed by atoms with Crippen molar-refractivity contribution in [1.29, 1.82) is 0 Å². The number of ether oxygens (including phenoxy) is 1. The summed E-state index contributed by atoms with van der Waals surface area (Å²) >= 11 is 11.8. The molecule has 2 aromatic carbocycles. The average Bonchev–Trinajstić information content (AvgIpc) is 2.67. The fourth-order valence-electron chi connectivity index (χ4n) is 2.17. The molecule has 3 rings (SSSR count). The van der Waals surface area contributed by atoms with Gasteiger partial charge in [-0.3, -0.25) is 25.4 Å². The van der Waals surface area contributed by atoms with Crippen molar-refractivity contribution in [3.8, 4) is 11.5 Å². The minimum atomic E-state index is -0.561. The topological polar surface area (TPSA) is 80.3 Å². The molecule has 0 spiro atoms. The average molecular weight is 402 g/mol. The molecule has 8 heteroatoms. The number of amides is 2. The molecular formula is C19H13Cl2N3O3. The highest BCUT2D eigenvalue weighted by Crippen LogP contribution is 2.22. The molecule has 2 amide bonds. The zero-order valence-corrected chi connectivity index (χ0v) is 15.3. The van der Waals surface area contributed by atoms with E-state index in [1.54, 1.807) is 48.8 Å². The molecule has 2 N–H and O–H groups in total. The Balaban J connectivity index is 1.64. The number of hydrogen-bond donors (Lipinski definition) is 2. The van der Waals surface area contributed by atoms with Crippen LogP contribution in [0, 0.1) is 0 Å². The number of carbonyl (C=O) groups excluding carboxylic acids is 2. The van der Waals surface area contributed by atoms with Gasteiger partial charge in [0.1, 0.15) is 11.5 Å². The molecule has 0 atom stereocenters. The van der Waals surface area contributed by atoms with Crippen molar-refractivity contribution in [2.45, 2.75) is 0 Å². The lowest BCUT2D eigenvalue weighted by Gasteiger charge is -2.10. The van der Waals surface area contributed by atoms with Crippen LogP contribution in [0.15, 0.2) is 67.0 Å². The van der Waals surface area contributed by atoms with Crippen molar-refractivity contribution in [2.75, 3.05) is 0 Å². The van der Waals surface area contributed by atoms with E-state index in [1.807, 2.05) is 0 Å². The summed E-state index contributed by atoms with van der Waals surface area (Å²) in [6.45, 7) is 0. The second kappa shape index (κ2) is 8.53. The van der Waals surface area contributed by atoms with Crippen molar-refractivity contribution in [2.24, 2.45) is 0 Å². The SMILES string of the molecule is O=C(NNC(=O)c1ccc(Cl)cc1Cl)c1cccc(Oc2ccncc2)c1. The van der Waals surface area contributed by atoms with Gasteiger partial charge in [-0.25, -0.2) is 0 Å². The number of nitrogens with zero attached hydrogens (tertiary/aromatic N) is 1. The van der Waals surface area contributed by atoms with Crippen LogP contribution in [0.2, 0.25) is 10.0 Å². The molecule has 0 aliphatic rings. The van der Waals surface area contributed by atoms with Gasteiger partial charge in [-0.2, -0.15) is 0 Å². The van der Waals surface area contributed by atoms with Crippen LogP contribution < -0.4 is 15.6 Å². The fraction of sp³-hybridized carbons (Fsp3) is 0. The first-order valence-corrected chi connectivity index (χ1v) is 8.52. The summed E-state index contributed by atoms with van der Waals surface area (Å²) < 4.78 is 5.65. The maximum absolute atomic E-state index is 12.3. The van der Waals surface area contributed by atoms with Crippen LogP contribution in [-0.4, -0.2) is 16.8 Å². The molecule has 0 aliphatic carbocycles. The number of benzene rings is 2. The second-order valence-electron chi connectivity index (χ2n) is 5.35. The van der Waals surface area contributed by atoms with Crippen molar-refractivity contribution in [3.05, 3.63) is 88.2 Å². The summed E-state index contributed by atoms with van der Waals surface area (Å²) in [6, 6.07) is 14.4. The van der Waals surface area contributed by atoms with Crippen LogP contribution >= 0.6 is 23.2 Å². The normalized spacial score (nSPS) is 10.1. The summed E-state index contributed by atoms with van der Waals surface area (Å²) in [6.07, 6.45) is 3.20. The lowest BCUT2D eigenvalue weighted by molar-refractivity contribution is 0.0846. The van der Waals surface area contributed by atoms with E-state index in [0.29, 0.717) is 22.1 Å². The standard InChI is InChI=1S/C19H13Cl2N3O3/c20-13-4-5-16(17(21)11-13)19(26)24-23-18(25)12-2-1-3-15(10-12)27-14-6-8-22-9-7-14/h1-11H,(H,23,25)(H,24,26). The third-order valence-electron chi connectivity index (χ3n) is 3.45. The van der Waals surface area contributed by atoms with Crippen LogP contribution in [0.5, 0.6) is 11.5 Å². The highest BCUT2D eigenvalue weighted by molar-refractivity contribution is 6.36. The molecule has 0 bridgehead atoms. The predicted molar refractivity (Wildman–Crippen MR) is 102 cm³/mol. The summed E-state index contributed by atoms with van der Waals surface area (Å²) in [7, 11) is 0. The maximum atomic E-state index is 12.3. The highest BCUT2D eigenvalue weighted by Gasteiger charge is 2.13. The minimum Gasteiger partial charge on any atom is -0.457 e. The number of hydrazine groups is 1. The molecule has 0 saturated heterocycles. The third-order valence-corrected chi connectivity index (χ3v) is 3.99. The van der Waals surface area contributed by atoms with Gasteiger partial charge >= 0.3 is 0 Å². The molecule has 0 aliphatic heterocycles. The van der Waals surface area contributed by atoms with E-state index >= 15 is 0 Å². The van der Waals surface area contributed by atoms with Gasteiger partial charge in [0, 0.05) is 23.0 Å². The van der Waals surface area contributed by atoms with Gasteiger partial charge in [0.05, 0.1) is 10.6 Å². The largest absolute Gasteiger partial charge is 0.457 e. The molecule has 136 valence electrons. The Morgan fingerprint density at radius 1 is 0.852 bits per heavy atom. The molecular weight excluding hydrogens is 389 g/mol. The van der Waals surface area contributed by atoms with E-state index < -0.39 is 11.8 Å². The van der Waals surface area contributed by atoms with Crippen LogP contribution in [0.4, 0.5) is 0 Å². The molecule has 27 heavy (non-hydrogen) atoms. The third kappa shape index (κ3) is 4.97. The summed E-state index contributed by atoms with van der Waals surface area (Å²) in [5.74, 6) is -0.00279. The van der Waals surface area contributed by atoms with Gasteiger partial charge < -0.3 is 4.74 Å². The van der Waals surface area contributed by atoms with Crippen LogP contribution in [0.25, 0.3) is 0 Å². The minimum absolute atomic E-state index is 0.182. The Hall–Kier alpha value is -3.09. The van der Waals surface area contributed by atoms with Crippen molar-refractivity contribution in [3.63, 3.8) is 0 Å². The number of hydrogen-bond acceptors (Lipinski definition) is 4. The fourth-order valence-corrected chi connectivity index (χ4v) is 2.66. The van der Waals surface area contributed by atoms with E-state index in [4.69, 9.17) is 27.9 Å². The number of pyridine rings is 1. The number of aromatic nitrogens is 1. The Kier molecular flexibility index (Phi) is 5.90. The Labute approximate surface area is 165 Å². The zero-order chi connectivity index (χ0) is 19.2. The van der Waals surface area contributed by atoms with Gasteiger partial charge in [-0.15, -0.1) is 0 Å². The van der Waals surface area contributed by atoms with Crippen molar-refractivity contribution < 1.29 is 14.3 Å². The first-order chi connectivity index (χ1) is 13.0. The molecule has 0 saturated carbocycles. The number of rotatable bonds is 4. The Morgan fingerprint density at radius 2 is 1.59 bits per heavy atom. The van der Waals surface area contributed by atoms with Gasteiger partial charge in [-0.05, 0) is 48.5 Å². The van der Waals surface area contributed by atoms with E-state index in [9.17, 15) is 9.59 Å². The molecule has 1 aromatic heterocycles. The first kappa shape index (κ1) is 18.7. The highest BCUT2D eigenvalue weighted by atomic mass is 35.5. The number of nitrogens with one attached hydrogen (secondary N) is 2. The number of halogens is 2. The van der Waals surface area contributed by atoms with Crippen LogP contribution in [0.1, 0.15) is 20.7 Å². The van der Waals surface area contributed by atoms with E-state index in [2.05, 4.69) is 15.8 Å². The van der Waals surface area contributed by atoms with E-state index in [0.717, 1.165) is 0 Å². The molecule has 6 nitrogen and oxygen atoms in total.